The van der Waals surface area contributed by atoms with Crippen LogP contribution in [-0.4, -0.2) is 16.0 Å². The highest BCUT2D eigenvalue weighted by molar-refractivity contribution is 5.96. The van der Waals surface area contributed by atoms with Crippen molar-refractivity contribution in [1.82, 2.24) is 9.97 Å². The summed E-state index contributed by atoms with van der Waals surface area (Å²) in [7, 11) is 0. The number of primary amides is 1. The van der Waals surface area contributed by atoms with Gasteiger partial charge in [0.05, 0.1) is 11.0 Å². The van der Waals surface area contributed by atoms with Crippen molar-refractivity contribution in [2.75, 3.05) is 5.32 Å². The highest BCUT2D eigenvalue weighted by Crippen LogP contribution is 2.38. The summed E-state index contributed by atoms with van der Waals surface area (Å²) in [6.07, 6.45) is 2.03. The SMILES string of the molecule is NC(=O)Nc1nc2ccc(/C=C3\c4ccccc4COc4cc(F)ccc43)cc2[nH]1. The lowest BCUT2D eigenvalue weighted by atomic mass is 9.92. The molecular formula is C23H17FN4O2. The van der Waals surface area contributed by atoms with Crippen molar-refractivity contribution in [3.8, 4) is 5.75 Å². The Morgan fingerprint density at radius 2 is 2.00 bits per heavy atom. The molecular weight excluding hydrogens is 383 g/mol. The fourth-order valence-electron chi connectivity index (χ4n) is 3.66. The van der Waals surface area contributed by atoms with Gasteiger partial charge >= 0.3 is 6.03 Å². The van der Waals surface area contributed by atoms with E-state index in [0.29, 0.717) is 17.9 Å². The zero-order valence-corrected chi connectivity index (χ0v) is 15.8. The first kappa shape index (κ1) is 17.9. The molecule has 148 valence electrons. The molecule has 1 aromatic heterocycles. The zero-order chi connectivity index (χ0) is 20.7. The Hall–Kier alpha value is -4.13. The van der Waals surface area contributed by atoms with Gasteiger partial charge < -0.3 is 15.5 Å². The van der Waals surface area contributed by atoms with Gasteiger partial charge in [0.2, 0.25) is 5.95 Å². The Bertz CT molecular complexity index is 1330. The number of urea groups is 1. The number of hydrogen-bond donors (Lipinski definition) is 3. The number of aromatic nitrogens is 2. The normalized spacial score (nSPS) is 14.0. The van der Waals surface area contributed by atoms with E-state index in [9.17, 15) is 9.18 Å². The van der Waals surface area contributed by atoms with Gasteiger partial charge in [-0.2, -0.15) is 0 Å². The first-order valence-electron chi connectivity index (χ1n) is 9.36. The average molecular weight is 400 g/mol. The van der Waals surface area contributed by atoms with Crippen LogP contribution in [-0.2, 0) is 6.61 Å². The summed E-state index contributed by atoms with van der Waals surface area (Å²) >= 11 is 0. The first-order valence-corrected chi connectivity index (χ1v) is 9.36. The second-order valence-corrected chi connectivity index (χ2v) is 7.00. The van der Waals surface area contributed by atoms with Gasteiger partial charge in [0.1, 0.15) is 18.2 Å². The molecule has 2 heterocycles. The number of ether oxygens (including phenoxy) is 1. The Labute approximate surface area is 171 Å². The van der Waals surface area contributed by atoms with Crippen molar-refractivity contribution in [2.24, 2.45) is 5.73 Å². The molecule has 6 nitrogen and oxygen atoms in total. The van der Waals surface area contributed by atoms with Gasteiger partial charge in [-0.25, -0.2) is 14.2 Å². The first-order chi connectivity index (χ1) is 14.6. The minimum Gasteiger partial charge on any atom is -0.488 e. The van der Waals surface area contributed by atoms with Crippen LogP contribution in [0.1, 0.15) is 22.3 Å². The number of anilines is 1. The second-order valence-electron chi connectivity index (χ2n) is 7.00. The lowest BCUT2D eigenvalue weighted by Crippen LogP contribution is -2.19. The lowest BCUT2D eigenvalue weighted by Gasteiger charge is -2.11. The maximum Gasteiger partial charge on any atom is 0.318 e. The Morgan fingerprint density at radius 3 is 2.87 bits per heavy atom. The van der Waals surface area contributed by atoms with Gasteiger partial charge in [-0.15, -0.1) is 0 Å². The third-order valence-electron chi connectivity index (χ3n) is 4.98. The van der Waals surface area contributed by atoms with Gasteiger partial charge in [0, 0.05) is 11.6 Å². The van der Waals surface area contributed by atoms with Crippen LogP contribution in [0.25, 0.3) is 22.7 Å². The van der Waals surface area contributed by atoms with Gasteiger partial charge in [-0.3, -0.25) is 5.32 Å². The predicted octanol–water partition coefficient (Wildman–Crippen LogP) is 4.67. The Morgan fingerprint density at radius 1 is 1.13 bits per heavy atom. The molecule has 0 atom stereocenters. The summed E-state index contributed by atoms with van der Waals surface area (Å²) in [4.78, 5) is 18.4. The summed E-state index contributed by atoms with van der Waals surface area (Å²) < 4.78 is 19.7. The van der Waals surface area contributed by atoms with Crippen molar-refractivity contribution in [2.45, 2.75) is 6.61 Å². The van der Waals surface area contributed by atoms with Crippen molar-refractivity contribution < 1.29 is 13.9 Å². The van der Waals surface area contributed by atoms with E-state index in [2.05, 4.69) is 15.3 Å². The number of aromatic amines is 1. The standard InChI is InChI=1S/C23H17FN4O2/c24-15-6-7-17-18(16-4-2-1-3-14(16)12-30-21(17)11-15)9-13-5-8-19-20(10-13)27-23(26-19)28-22(25)29/h1-11H,12H2,(H4,25,26,27,28,29)/b18-9+. The molecule has 0 bridgehead atoms. The molecule has 0 aliphatic carbocycles. The van der Waals surface area contributed by atoms with Crippen LogP contribution in [0.15, 0.2) is 60.7 Å². The van der Waals surface area contributed by atoms with Crippen molar-refractivity contribution >= 4 is 34.7 Å². The molecule has 0 unspecified atom stereocenters. The van der Waals surface area contributed by atoms with E-state index in [0.717, 1.165) is 33.3 Å². The van der Waals surface area contributed by atoms with E-state index in [-0.39, 0.29) is 11.8 Å². The molecule has 3 aromatic carbocycles. The number of imidazole rings is 1. The number of carbonyl (C=O) groups excluding carboxylic acids is 1. The van der Waals surface area contributed by atoms with E-state index in [4.69, 9.17) is 10.5 Å². The number of rotatable bonds is 2. The smallest absolute Gasteiger partial charge is 0.318 e. The third kappa shape index (κ3) is 3.26. The summed E-state index contributed by atoms with van der Waals surface area (Å²) in [6, 6.07) is 17.6. The molecule has 30 heavy (non-hydrogen) atoms. The molecule has 0 saturated carbocycles. The number of H-pyrrole nitrogens is 1. The fourth-order valence-corrected chi connectivity index (χ4v) is 3.66. The van der Waals surface area contributed by atoms with Crippen LogP contribution >= 0.6 is 0 Å². The highest BCUT2D eigenvalue weighted by atomic mass is 19.1. The van der Waals surface area contributed by atoms with Crippen molar-refractivity contribution in [3.63, 3.8) is 0 Å². The number of nitrogens with two attached hydrogens (primary N) is 1. The molecule has 4 N–H and O–H groups in total. The van der Waals surface area contributed by atoms with Crippen LogP contribution in [0.3, 0.4) is 0 Å². The van der Waals surface area contributed by atoms with Crippen LogP contribution in [0, 0.1) is 5.82 Å². The summed E-state index contributed by atoms with van der Waals surface area (Å²) in [5, 5.41) is 2.44. The van der Waals surface area contributed by atoms with Crippen LogP contribution < -0.4 is 15.8 Å². The molecule has 2 amide bonds. The number of hydrogen-bond acceptors (Lipinski definition) is 3. The van der Waals surface area contributed by atoms with Crippen LogP contribution in [0.4, 0.5) is 15.1 Å². The summed E-state index contributed by atoms with van der Waals surface area (Å²) in [5.74, 6) is 0.455. The van der Waals surface area contributed by atoms with Gasteiger partial charge in [0.15, 0.2) is 0 Å². The van der Waals surface area contributed by atoms with E-state index < -0.39 is 6.03 Å². The van der Waals surface area contributed by atoms with E-state index >= 15 is 0 Å². The summed E-state index contributed by atoms with van der Waals surface area (Å²) in [6.45, 7) is 0.367. The molecule has 0 radical (unpaired) electrons. The van der Waals surface area contributed by atoms with Crippen LogP contribution in [0.5, 0.6) is 5.75 Å². The second kappa shape index (κ2) is 7.04. The van der Waals surface area contributed by atoms with E-state index in [1.165, 1.54) is 12.1 Å². The van der Waals surface area contributed by atoms with Gasteiger partial charge in [-0.05, 0) is 52.6 Å². The topological polar surface area (TPSA) is 93.0 Å². The molecule has 7 heteroatoms. The average Bonchev–Trinajstić information content (AvgIpc) is 3.05. The quantitative estimate of drug-likeness (QED) is 0.456. The Balaban J connectivity index is 1.66. The number of fused-ring (bicyclic) bond motifs is 3. The highest BCUT2D eigenvalue weighted by Gasteiger charge is 2.19. The van der Waals surface area contributed by atoms with E-state index in [1.54, 1.807) is 6.07 Å². The van der Waals surface area contributed by atoms with Crippen molar-refractivity contribution in [3.05, 3.63) is 88.7 Å². The third-order valence-corrected chi connectivity index (χ3v) is 4.98. The Kier molecular flexibility index (Phi) is 4.21. The zero-order valence-electron chi connectivity index (χ0n) is 15.8. The van der Waals surface area contributed by atoms with Gasteiger partial charge in [-0.1, -0.05) is 30.3 Å². The minimum absolute atomic E-state index is 0.288. The van der Waals surface area contributed by atoms with Crippen LogP contribution in [0.2, 0.25) is 0 Å². The molecule has 0 fully saturated rings. The maximum absolute atomic E-state index is 13.8. The molecule has 0 spiro atoms. The van der Waals surface area contributed by atoms with Gasteiger partial charge in [0.25, 0.3) is 0 Å². The monoisotopic (exact) mass is 400 g/mol. The predicted molar refractivity (Wildman–Crippen MR) is 113 cm³/mol. The number of carbonyl (C=O) groups is 1. The minimum atomic E-state index is -0.685. The van der Waals surface area contributed by atoms with E-state index in [1.807, 2.05) is 48.5 Å². The lowest BCUT2D eigenvalue weighted by molar-refractivity contribution is 0.259. The maximum atomic E-state index is 13.8. The number of halogens is 1. The molecule has 4 aromatic rings. The number of amides is 2. The molecule has 1 aliphatic rings. The largest absolute Gasteiger partial charge is 0.488 e. The molecule has 5 rings (SSSR count). The van der Waals surface area contributed by atoms with Crippen molar-refractivity contribution in [1.29, 1.82) is 0 Å². The summed E-state index contributed by atoms with van der Waals surface area (Å²) in [5.41, 5.74) is 11.3. The molecule has 1 aliphatic heterocycles. The number of nitrogens with one attached hydrogen (secondary N) is 2. The number of nitrogens with zero attached hydrogens (tertiary/aromatic N) is 1. The molecule has 0 saturated heterocycles. The number of benzene rings is 3. The fraction of sp³-hybridized carbons (Fsp3) is 0.0435.